The molecule has 3 amide bonds. The van der Waals surface area contributed by atoms with E-state index in [1.165, 1.54) is 0 Å². The Hall–Kier alpha value is -2.61. The lowest BCUT2D eigenvalue weighted by Crippen LogP contribution is -2.55. The molecule has 0 spiro atoms. The Labute approximate surface area is 164 Å². The van der Waals surface area contributed by atoms with Crippen molar-refractivity contribution in [3.63, 3.8) is 0 Å². The van der Waals surface area contributed by atoms with Crippen LogP contribution in [0.3, 0.4) is 0 Å². The van der Waals surface area contributed by atoms with E-state index in [1.54, 1.807) is 4.90 Å². The molecule has 8 heteroatoms. The average molecular weight is 385 g/mol. The number of para-hydroxylation sites is 2. The first kappa shape index (κ1) is 18.7. The van der Waals surface area contributed by atoms with E-state index in [9.17, 15) is 9.59 Å². The third kappa shape index (κ3) is 3.82. The summed E-state index contributed by atoms with van der Waals surface area (Å²) in [6.07, 6.45) is 1.47. The summed E-state index contributed by atoms with van der Waals surface area (Å²) >= 11 is 0. The van der Waals surface area contributed by atoms with E-state index in [0.717, 1.165) is 29.7 Å². The predicted octanol–water partition coefficient (Wildman–Crippen LogP) is 1.38. The number of carbonyl (C=O) groups is 2. The van der Waals surface area contributed by atoms with Gasteiger partial charge in [0, 0.05) is 45.9 Å². The van der Waals surface area contributed by atoms with Gasteiger partial charge in [0.05, 0.1) is 11.0 Å². The molecule has 150 valence electrons. The molecule has 0 radical (unpaired) electrons. The first-order valence-corrected chi connectivity index (χ1v) is 9.98. The van der Waals surface area contributed by atoms with Gasteiger partial charge in [0.15, 0.2) is 0 Å². The predicted molar refractivity (Wildman–Crippen MR) is 105 cm³/mol. The number of nitrogens with one attached hydrogen (secondary N) is 1. The molecule has 4 rings (SSSR count). The van der Waals surface area contributed by atoms with Crippen molar-refractivity contribution < 1.29 is 14.3 Å². The van der Waals surface area contributed by atoms with Crippen molar-refractivity contribution in [3.05, 3.63) is 30.1 Å². The SMILES string of the molecule is Cc1nc2ccccc2n1CCNC(=O)N1CCN(C(=O)C2CCCO2)CC1. The lowest BCUT2D eigenvalue weighted by Gasteiger charge is -2.35. The second kappa shape index (κ2) is 8.18. The summed E-state index contributed by atoms with van der Waals surface area (Å²) < 4.78 is 7.60. The standard InChI is InChI=1S/C20H27N5O3/c1-15-22-16-5-2-3-6-17(16)25(15)9-8-21-20(27)24-12-10-23(11-13-24)19(26)18-7-4-14-28-18/h2-3,5-6,18H,4,7-14H2,1H3,(H,21,27). The number of hydrogen-bond donors (Lipinski definition) is 1. The Morgan fingerprint density at radius 1 is 1.18 bits per heavy atom. The number of urea groups is 1. The van der Waals surface area contributed by atoms with E-state index in [4.69, 9.17) is 4.74 Å². The zero-order chi connectivity index (χ0) is 19.5. The van der Waals surface area contributed by atoms with Crippen molar-refractivity contribution in [1.29, 1.82) is 0 Å². The summed E-state index contributed by atoms with van der Waals surface area (Å²) in [5.74, 6) is 1.01. The number of benzene rings is 1. The van der Waals surface area contributed by atoms with Crippen molar-refractivity contribution >= 4 is 23.0 Å². The van der Waals surface area contributed by atoms with E-state index in [2.05, 4.69) is 14.9 Å². The van der Waals surface area contributed by atoms with E-state index in [1.807, 2.05) is 36.1 Å². The number of ether oxygens (including phenoxy) is 1. The van der Waals surface area contributed by atoms with Crippen molar-refractivity contribution in [2.75, 3.05) is 39.3 Å². The first-order chi connectivity index (χ1) is 13.6. The third-order valence-electron chi connectivity index (χ3n) is 5.54. The maximum Gasteiger partial charge on any atom is 0.317 e. The Balaban J connectivity index is 1.25. The number of imidazole rings is 1. The second-order valence-corrected chi connectivity index (χ2v) is 7.35. The number of piperazine rings is 1. The van der Waals surface area contributed by atoms with Gasteiger partial charge < -0.3 is 24.4 Å². The van der Waals surface area contributed by atoms with Gasteiger partial charge >= 0.3 is 6.03 Å². The molecule has 2 saturated heterocycles. The van der Waals surface area contributed by atoms with Gasteiger partial charge in [-0.15, -0.1) is 0 Å². The van der Waals surface area contributed by atoms with Crippen molar-refractivity contribution in [1.82, 2.24) is 24.7 Å². The number of aromatic nitrogens is 2. The van der Waals surface area contributed by atoms with E-state index in [0.29, 0.717) is 45.9 Å². The Bertz CT molecular complexity index is 851. The van der Waals surface area contributed by atoms with Crippen LogP contribution in [0.25, 0.3) is 11.0 Å². The van der Waals surface area contributed by atoms with Gasteiger partial charge in [-0.3, -0.25) is 4.79 Å². The highest BCUT2D eigenvalue weighted by molar-refractivity contribution is 5.82. The maximum absolute atomic E-state index is 12.5. The summed E-state index contributed by atoms with van der Waals surface area (Å²) in [6.45, 7) is 6.10. The zero-order valence-electron chi connectivity index (χ0n) is 16.3. The number of fused-ring (bicyclic) bond motifs is 1. The fourth-order valence-electron chi connectivity index (χ4n) is 3.97. The van der Waals surface area contributed by atoms with Gasteiger partial charge in [0.2, 0.25) is 0 Å². The van der Waals surface area contributed by atoms with Crippen LogP contribution < -0.4 is 5.32 Å². The molecule has 3 heterocycles. The molecule has 1 N–H and O–H groups in total. The van der Waals surface area contributed by atoms with Gasteiger partial charge in [-0.2, -0.15) is 0 Å². The van der Waals surface area contributed by atoms with Crippen LogP contribution in [0.5, 0.6) is 0 Å². The Kier molecular flexibility index (Phi) is 5.47. The minimum atomic E-state index is -0.284. The highest BCUT2D eigenvalue weighted by atomic mass is 16.5. The number of carbonyl (C=O) groups excluding carboxylic acids is 2. The number of nitrogens with zero attached hydrogens (tertiary/aromatic N) is 4. The molecule has 0 aliphatic carbocycles. The largest absolute Gasteiger partial charge is 0.368 e. The smallest absolute Gasteiger partial charge is 0.317 e. The molecule has 8 nitrogen and oxygen atoms in total. The molecule has 2 aromatic rings. The van der Waals surface area contributed by atoms with Crippen LogP contribution >= 0.6 is 0 Å². The Morgan fingerprint density at radius 3 is 2.68 bits per heavy atom. The zero-order valence-corrected chi connectivity index (χ0v) is 16.3. The minimum Gasteiger partial charge on any atom is -0.368 e. The first-order valence-electron chi connectivity index (χ1n) is 9.98. The number of hydrogen-bond acceptors (Lipinski definition) is 4. The van der Waals surface area contributed by atoms with Gasteiger partial charge in [-0.1, -0.05) is 12.1 Å². The molecular weight excluding hydrogens is 358 g/mol. The molecule has 2 aliphatic rings. The molecular formula is C20H27N5O3. The molecule has 2 fully saturated rings. The average Bonchev–Trinajstić information content (AvgIpc) is 3.36. The van der Waals surface area contributed by atoms with Crippen LogP contribution in [0, 0.1) is 6.92 Å². The fourth-order valence-corrected chi connectivity index (χ4v) is 3.97. The summed E-state index contributed by atoms with van der Waals surface area (Å²) in [5, 5.41) is 2.99. The number of rotatable bonds is 4. The third-order valence-corrected chi connectivity index (χ3v) is 5.54. The van der Waals surface area contributed by atoms with Crippen molar-refractivity contribution in [3.8, 4) is 0 Å². The number of aryl methyl sites for hydroxylation is 1. The van der Waals surface area contributed by atoms with Crippen LogP contribution in [-0.2, 0) is 16.1 Å². The molecule has 1 unspecified atom stereocenters. The molecule has 1 atom stereocenters. The monoisotopic (exact) mass is 385 g/mol. The molecule has 1 aromatic heterocycles. The van der Waals surface area contributed by atoms with E-state index < -0.39 is 0 Å². The van der Waals surface area contributed by atoms with Crippen molar-refractivity contribution in [2.24, 2.45) is 0 Å². The van der Waals surface area contributed by atoms with Gasteiger partial charge in [-0.25, -0.2) is 9.78 Å². The summed E-state index contributed by atoms with van der Waals surface area (Å²) in [5.41, 5.74) is 2.05. The van der Waals surface area contributed by atoms with Crippen LogP contribution in [0.15, 0.2) is 24.3 Å². The summed E-state index contributed by atoms with van der Waals surface area (Å²) in [6, 6.07) is 7.93. The van der Waals surface area contributed by atoms with Gasteiger partial charge in [0.1, 0.15) is 11.9 Å². The van der Waals surface area contributed by atoms with Gasteiger partial charge in [-0.05, 0) is 31.9 Å². The molecule has 0 bridgehead atoms. The van der Waals surface area contributed by atoms with E-state index >= 15 is 0 Å². The Morgan fingerprint density at radius 2 is 1.93 bits per heavy atom. The van der Waals surface area contributed by atoms with Crippen LogP contribution in [-0.4, -0.2) is 76.7 Å². The minimum absolute atomic E-state index is 0.0695. The normalized spacial score (nSPS) is 20.0. The van der Waals surface area contributed by atoms with Crippen LogP contribution in [0.2, 0.25) is 0 Å². The molecule has 2 aliphatic heterocycles. The van der Waals surface area contributed by atoms with Crippen molar-refractivity contribution in [2.45, 2.75) is 32.4 Å². The fraction of sp³-hybridized carbons (Fsp3) is 0.550. The van der Waals surface area contributed by atoms with Crippen LogP contribution in [0.1, 0.15) is 18.7 Å². The quantitative estimate of drug-likeness (QED) is 0.862. The highest BCUT2D eigenvalue weighted by Crippen LogP contribution is 2.16. The maximum atomic E-state index is 12.5. The highest BCUT2D eigenvalue weighted by Gasteiger charge is 2.31. The van der Waals surface area contributed by atoms with E-state index in [-0.39, 0.29) is 18.0 Å². The lowest BCUT2D eigenvalue weighted by atomic mass is 10.2. The van der Waals surface area contributed by atoms with Crippen LogP contribution in [0.4, 0.5) is 4.79 Å². The molecule has 1 aromatic carbocycles. The molecule has 28 heavy (non-hydrogen) atoms. The summed E-state index contributed by atoms with van der Waals surface area (Å²) in [4.78, 5) is 33.0. The number of amides is 3. The molecule has 0 saturated carbocycles. The lowest BCUT2D eigenvalue weighted by molar-refractivity contribution is -0.142. The second-order valence-electron chi connectivity index (χ2n) is 7.35. The van der Waals surface area contributed by atoms with Gasteiger partial charge in [0.25, 0.3) is 5.91 Å². The summed E-state index contributed by atoms with van der Waals surface area (Å²) in [7, 11) is 0. The topological polar surface area (TPSA) is 79.7 Å².